The summed E-state index contributed by atoms with van der Waals surface area (Å²) in [6.07, 6.45) is 12.4. The number of carbonyl (C=O) groups is 2. The molecule has 0 atom stereocenters. The second-order valence-electron chi connectivity index (χ2n) is 6.82. The van der Waals surface area contributed by atoms with Crippen LogP contribution in [-0.4, -0.2) is 23.3 Å². The number of hydrogen-bond acceptors (Lipinski definition) is 4. The van der Waals surface area contributed by atoms with Crippen LogP contribution < -0.4 is 0 Å². The first-order valence-corrected chi connectivity index (χ1v) is 9.54. The van der Waals surface area contributed by atoms with E-state index in [9.17, 15) is 14.7 Å². The summed E-state index contributed by atoms with van der Waals surface area (Å²) in [6, 6.07) is 0. The van der Waals surface area contributed by atoms with Gasteiger partial charge in [-0.25, -0.2) is 0 Å². The number of Topliss-reactive ketones (excluding diaryl/α,β-unsaturated/α-hetero) is 2. The molecule has 1 aliphatic heterocycles. The van der Waals surface area contributed by atoms with Gasteiger partial charge in [0, 0.05) is 11.1 Å². The first-order chi connectivity index (χ1) is 11.7. The minimum Gasteiger partial charge on any atom is -0.504 e. The molecule has 0 aromatic rings. The molecule has 0 spiro atoms. The topological polar surface area (TPSA) is 63.6 Å². The lowest BCUT2D eigenvalue weighted by Crippen LogP contribution is -2.28. The lowest BCUT2D eigenvalue weighted by atomic mass is 9.87. The Morgan fingerprint density at radius 2 is 1.54 bits per heavy atom. The lowest BCUT2D eigenvalue weighted by molar-refractivity contribution is -0.121. The molecule has 2 rings (SSSR count). The van der Waals surface area contributed by atoms with Crippen molar-refractivity contribution >= 4 is 11.6 Å². The second kappa shape index (κ2) is 9.65. The summed E-state index contributed by atoms with van der Waals surface area (Å²) in [5.41, 5.74) is 0.614. The minimum absolute atomic E-state index is 0.190. The van der Waals surface area contributed by atoms with E-state index in [0.29, 0.717) is 25.0 Å². The fourth-order valence-electron chi connectivity index (χ4n) is 3.41. The average molecular weight is 334 g/mol. The number of allylic oxidation sites excluding steroid dienone is 2. The second-order valence-corrected chi connectivity index (χ2v) is 6.82. The summed E-state index contributed by atoms with van der Waals surface area (Å²) in [6.45, 7) is 2.70. The maximum absolute atomic E-state index is 12.4. The van der Waals surface area contributed by atoms with Crippen molar-refractivity contribution in [3.63, 3.8) is 0 Å². The highest BCUT2D eigenvalue weighted by molar-refractivity contribution is 6.23. The third kappa shape index (κ3) is 4.71. The Hall–Kier alpha value is -1.58. The molecule has 0 aromatic heterocycles. The third-order valence-corrected chi connectivity index (χ3v) is 4.88. The van der Waals surface area contributed by atoms with Gasteiger partial charge in [0.2, 0.25) is 11.6 Å². The highest BCUT2D eigenvalue weighted by Crippen LogP contribution is 2.32. The number of unbranched alkanes of at least 4 members (excludes halogenated alkanes) is 8. The zero-order chi connectivity index (χ0) is 17.4. The fourth-order valence-corrected chi connectivity index (χ4v) is 3.41. The van der Waals surface area contributed by atoms with Crippen molar-refractivity contribution in [1.29, 1.82) is 0 Å². The Labute approximate surface area is 145 Å². The van der Waals surface area contributed by atoms with E-state index in [0.717, 1.165) is 25.7 Å². The molecule has 0 bridgehead atoms. The summed E-state index contributed by atoms with van der Waals surface area (Å²) in [4.78, 5) is 24.6. The van der Waals surface area contributed by atoms with Gasteiger partial charge in [0.1, 0.15) is 0 Å². The monoisotopic (exact) mass is 334 g/mol. The van der Waals surface area contributed by atoms with E-state index in [-0.39, 0.29) is 22.9 Å². The molecule has 24 heavy (non-hydrogen) atoms. The van der Waals surface area contributed by atoms with Crippen LogP contribution in [0.25, 0.3) is 0 Å². The van der Waals surface area contributed by atoms with Gasteiger partial charge in [-0.1, -0.05) is 58.3 Å². The average Bonchev–Trinajstić information content (AvgIpc) is 2.61. The number of ketones is 2. The van der Waals surface area contributed by atoms with Crippen LogP contribution in [0.5, 0.6) is 0 Å². The number of carbonyl (C=O) groups excluding carboxylic acids is 2. The Morgan fingerprint density at radius 1 is 0.917 bits per heavy atom. The lowest BCUT2D eigenvalue weighted by Gasteiger charge is -2.24. The van der Waals surface area contributed by atoms with Gasteiger partial charge in [-0.2, -0.15) is 0 Å². The molecule has 0 saturated carbocycles. The summed E-state index contributed by atoms with van der Waals surface area (Å²) >= 11 is 0. The Morgan fingerprint density at radius 3 is 2.21 bits per heavy atom. The fraction of sp³-hybridized carbons (Fsp3) is 0.700. The van der Waals surface area contributed by atoms with E-state index < -0.39 is 5.78 Å². The van der Waals surface area contributed by atoms with Crippen LogP contribution in [-0.2, 0) is 14.3 Å². The normalized spacial score (nSPS) is 18.0. The molecule has 4 nitrogen and oxygen atoms in total. The van der Waals surface area contributed by atoms with Crippen LogP contribution >= 0.6 is 0 Å². The predicted octanol–water partition coefficient (Wildman–Crippen LogP) is 4.94. The minimum atomic E-state index is -0.407. The van der Waals surface area contributed by atoms with Crippen molar-refractivity contribution in [3.8, 4) is 0 Å². The van der Waals surface area contributed by atoms with Crippen LogP contribution in [0.3, 0.4) is 0 Å². The van der Waals surface area contributed by atoms with E-state index in [2.05, 4.69) is 6.92 Å². The van der Waals surface area contributed by atoms with Gasteiger partial charge in [0.05, 0.1) is 6.61 Å². The highest BCUT2D eigenvalue weighted by Gasteiger charge is 2.36. The van der Waals surface area contributed by atoms with Crippen LogP contribution in [0, 0.1) is 0 Å². The van der Waals surface area contributed by atoms with E-state index >= 15 is 0 Å². The number of hydrogen-bond donors (Lipinski definition) is 1. The molecule has 0 radical (unpaired) electrons. The summed E-state index contributed by atoms with van der Waals surface area (Å²) in [5.74, 6) is -0.838. The summed E-state index contributed by atoms with van der Waals surface area (Å²) in [7, 11) is 0. The molecule has 1 N–H and O–H groups in total. The third-order valence-electron chi connectivity index (χ3n) is 4.88. The van der Waals surface area contributed by atoms with Gasteiger partial charge >= 0.3 is 0 Å². The Bertz CT molecular complexity index is 528. The van der Waals surface area contributed by atoms with E-state index in [1.165, 1.54) is 38.5 Å². The van der Waals surface area contributed by atoms with Gasteiger partial charge in [0.25, 0.3) is 0 Å². The predicted molar refractivity (Wildman–Crippen MR) is 93.7 cm³/mol. The molecule has 0 fully saturated rings. The van der Waals surface area contributed by atoms with Crippen LogP contribution in [0.4, 0.5) is 0 Å². The number of aliphatic hydroxyl groups excluding tert-OH is 1. The van der Waals surface area contributed by atoms with Crippen molar-refractivity contribution in [3.05, 3.63) is 22.7 Å². The van der Waals surface area contributed by atoms with Crippen molar-refractivity contribution in [2.75, 3.05) is 6.61 Å². The largest absolute Gasteiger partial charge is 0.504 e. The summed E-state index contributed by atoms with van der Waals surface area (Å²) in [5, 5.41) is 10.1. The van der Waals surface area contributed by atoms with Gasteiger partial charge in [-0.15, -0.1) is 0 Å². The maximum atomic E-state index is 12.4. The molecule has 1 heterocycles. The molecule has 0 amide bonds. The standard InChI is InChI=1S/C20H30O4/c1-2-3-4-5-6-7-8-9-10-12-15-17(21)18(22)16-13-11-14-24-20(16)19(15)23/h21H,2-14H2,1H3. The molecule has 1 aliphatic carbocycles. The zero-order valence-electron chi connectivity index (χ0n) is 14.9. The SMILES string of the molecule is CCCCCCCCCCCC1=C(O)C(=O)C2=C(OCCC2)C1=O. The van der Waals surface area contributed by atoms with Crippen LogP contribution in [0.1, 0.15) is 84.0 Å². The van der Waals surface area contributed by atoms with Gasteiger partial charge in [-0.3, -0.25) is 9.59 Å². The smallest absolute Gasteiger partial charge is 0.227 e. The van der Waals surface area contributed by atoms with Crippen molar-refractivity contribution in [1.82, 2.24) is 0 Å². The van der Waals surface area contributed by atoms with Crippen molar-refractivity contribution in [2.45, 2.75) is 84.0 Å². The molecule has 2 aliphatic rings. The number of rotatable bonds is 10. The maximum Gasteiger partial charge on any atom is 0.227 e. The Kier molecular flexibility index (Phi) is 7.54. The molecule has 0 unspecified atom stereocenters. The van der Waals surface area contributed by atoms with E-state index in [1.807, 2.05) is 0 Å². The number of aliphatic hydroxyl groups is 1. The highest BCUT2D eigenvalue weighted by atomic mass is 16.5. The molecule has 4 heteroatoms. The number of ether oxygens (including phenoxy) is 1. The molecular formula is C20H30O4. The molecule has 134 valence electrons. The first kappa shape index (κ1) is 18.8. The first-order valence-electron chi connectivity index (χ1n) is 9.54. The molecule has 0 aromatic carbocycles. The molecule has 0 saturated heterocycles. The van der Waals surface area contributed by atoms with Gasteiger partial charge < -0.3 is 9.84 Å². The quantitative estimate of drug-likeness (QED) is 0.454. The van der Waals surface area contributed by atoms with Crippen LogP contribution in [0.15, 0.2) is 22.7 Å². The van der Waals surface area contributed by atoms with Crippen LogP contribution in [0.2, 0.25) is 0 Å². The van der Waals surface area contributed by atoms with Gasteiger partial charge in [-0.05, 0) is 25.7 Å². The van der Waals surface area contributed by atoms with Crippen molar-refractivity contribution in [2.24, 2.45) is 0 Å². The summed E-state index contributed by atoms with van der Waals surface area (Å²) < 4.78 is 5.40. The zero-order valence-corrected chi connectivity index (χ0v) is 14.9. The van der Waals surface area contributed by atoms with E-state index in [1.54, 1.807) is 0 Å². The van der Waals surface area contributed by atoms with E-state index in [4.69, 9.17) is 4.74 Å². The molecular weight excluding hydrogens is 304 g/mol. The van der Waals surface area contributed by atoms with Crippen molar-refractivity contribution < 1.29 is 19.4 Å². The Balaban J connectivity index is 1.73. The van der Waals surface area contributed by atoms with Gasteiger partial charge in [0.15, 0.2) is 11.5 Å².